The molecule has 0 aromatic carbocycles. The van der Waals surface area contributed by atoms with Crippen molar-refractivity contribution in [2.24, 2.45) is 5.92 Å². The molecule has 5 nitrogen and oxygen atoms in total. The van der Waals surface area contributed by atoms with Gasteiger partial charge in [-0.2, -0.15) is 4.98 Å². The fourth-order valence-electron chi connectivity index (χ4n) is 2.48. The molecule has 0 aliphatic heterocycles. The van der Waals surface area contributed by atoms with Crippen LogP contribution in [-0.2, 0) is 0 Å². The zero-order valence-corrected chi connectivity index (χ0v) is 9.99. The molecular formula is C13H15N3O2. The first-order valence-electron chi connectivity index (χ1n) is 6.21. The van der Waals surface area contributed by atoms with E-state index in [0.29, 0.717) is 23.6 Å². The van der Waals surface area contributed by atoms with Crippen LogP contribution >= 0.6 is 0 Å². The summed E-state index contributed by atoms with van der Waals surface area (Å²) in [6.07, 6.45) is 6.41. The van der Waals surface area contributed by atoms with Gasteiger partial charge in [0, 0.05) is 30.5 Å². The molecule has 3 rings (SSSR count). The number of pyridine rings is 1. The second kappa shape index (κ2) is 4.86. The molecule has 1 fully saturated rings. The number of aliphatic hydroxyl groups excluding tert-OH is 1. The van der Waals surface area contributed by atoms with E-state index in [-0.39, 0.29) is 6.61 Å². The molecule has 1 N–H and O–H groups in total. The van der Waals surface area contributed by atoms with Crippen LogP contribution < -0.4 is 0 Å². The molecule has 1 aliphatic rings. The Morgan fingerprint density at radius 3 is 2.83 bits per heavy atom. The highest BCUT2D eigenvalue weighted by Gasteiger charge is 2.29. The average Bonchev–Trinajstić information content (AvgIpc) is 3.08. The fourth-order valence-corrected chi connectivity index (χ4v) is 2.48. The van der Waals surface area contributed by atoms with Crippen molar-refractivity contribution in [1.29, 1.82) is 0 Å². The fraction of sp³-hybridized carbons (Fsp3) is 0.462. The molecular weight excluding hydrogens is 230 g/mol. The summed E-state index contributed by atoms with van der Waals surface area (Å²) in [6, 6.07) is 3.72. The first-order chi connectivity index (χ1) is 8.86. The van der Waals surface area contributed by atoms with E-state index in [0.717, 1.165) is 24.8 Å². The lowest BCUT2D eigenvalue weighted by Gasteiger charge is -2.03. The van der Waals surface area contributed by atoms with Gasteiger partial charge < -0.3 is 9.63 Å². The second-order valence-electron chi connectivity index (χ2n) is 4.75. The Labute approximate surface area is 105 Å². The lowest BCUT2D eigenvalue weighted by Crippen LogP contribution is -2.00. The second-order valence-corrected chi connectivity index (χ2v) is 4.75. The summed E-state index contributed by atoms with van der Waals surface area (Å²) in [5.74, 6) is 1.98. The zero-order chi connectivity index (χ0) is 12.4. The van der Waals surface area contributed by atoms with Crippen LogP contribution in [0.2, 0.25) is 0 Å². The minimum absolute atomic E-state index is 0.252. The van der Waals surface area contributed by atoms with Crippen LogP contribution in [0.4, 0.5) is 0 Å². The van der Waals surface area contributed by atoms with Gasteiger partial charge in [-0.1, -0.05) is 5.16 Å². The van der Waals surface area contributed by atoms with Crippen molar-refractivity contribution in [3.8, 4) is 11.4 Å². The van der Waals surface area contributed by atoms with E-state index < -0.39 is 0 Å². The van der Waals surface area contributed by atoms with Crippen LogP contribution in [0.5, 0.6) is 0 Å². The summed E-state index contributed by atoms with van der Waals surface area (Å²) >= 11 is 0. The van der Waals surface area contributed by atoms with E-state index in [1.54, 1.807) is 12.4 Å². The predicted octanol–water partition coefficient (Wildman–Crippen LogP) is 2.01. The Bertz CT molecular complexity index is 512. The molecule has 2 aromatic rings. The van der Waals surface area contributed by atoms with Gasteiger partial charge in [0.05, 0.1) is 0 Å². The highest BCUT2D eigenvalue weighted by molar-refractivity contribution is 5.52. The van der Waals surface area contributed by atoms with Gasteiger partial charge in [0.15, 0.2) is 0 Å². The van der Waals surface area contributed by atoms with Crippen molar-refractivity contribution in [3.63, 3.8) is 0 Å². The Kier molecular flexibility index (Phi) is 3.06. The molecule has 2 unspecified atom stereocenters. The minimum atomic E-state index is 0.252. The normalized spacial score (nSPS) is 23.4. The molecule has 0 spiro atoms. The molecule has 2 aromatic heterocycles. The maximum atomic E-state index is 9.14. The summed E-state index contributed by atoms with van der Waals surface area (Å²) < 4.78 is 5.33. The van der Waals surface area contributed by atoms with Gasteiger partial charge in [-0.15, -0.1) is 0 Å². The van der Waals surface area contributed by atoms with Crippen LogP contribution in [0.25, 0.3) is 11.4 Å². The van der Waals surface area contributed by atoms with E-state index in [1.807, 2.05) is 12.1 Å². The lowest BCUT2D eigenvalue weighted by molar-refractivity contribution is 0.227. The zero-order valence-electron chi connectivity index (χ0n) is 9.99. The van der Waals surface area contributed by atoms with Gasteiger partial charge in [0.25, 0.3) is 0 Å². The van der Waals surface area contributed by atoms with Crippen molar-refractivity contribution in [2.45, 2.75) is 25.2 Å². The molecule has 1 saturated carbocycles. The lowest BCUT2D eigenvalue weighted by atomic mass is 10.1. The summed E-state index contributed by atoms with van der Waals surface area (Å²) in [5.41, 5.74) is 0.914. The summed E-state index contributed by atoms with van der Waals surface area (Å²) in [7, 11) is 0. The number of aromatic nitrogens is 3. The van der Waals surface area contributed by atoms with Gasteiger partial charge in [-0.3, -0.25) is 4.98 Å². The van der Waals surface area contributed by atoms with E-state index in [2.05, 4.69) is 15.1 Å². The molecule has 5 heteroatoms. The van der Waals surface area contributed by atoms with Crippen LogP contribution in [0, 0.1) is 5.92 Å². The molecule has 2 heterocycles. The van der Waals surface area contributed by atoms with Gasteiger partial charge in [0.1, 0.15) is 0 Å². The largest absolute Gasteiger partial charge is 0.396 e. The van der Waals surface area contributed by atoms with Crippen molar-refractivity contribution in [2.75, 3.05) is 6.61 Å². The van der Waals surface area contributed by atoms with E-state index in [9.17, 15) is 0 Å². The van der Waals surface area contributed by atoms with E-state index in [1.165, 1.54) is 0 Å². The van der Waals surface area contributed by atoms with Gasteiger partial charge in [-0.25, -0.2) is 0 Å². The number of hydrogen-bond acceptors (Lipinski definition) is 5. The van der Waals surface area contributed by atoms with Crippen molar-refractivity contribution >= 4 is 0 Å². The number of rotatable bonds is 3. The maximum Gasteiger partial charge on any atom is 0.230 e. The quantitative estimate of drug-likeness (QED) is 0.895. The molecule has 0 amide bonds. The van der Waals surface area contributed by atoms with Crippen LogP contribution in [0.3, 0.4) is 0 Å². The van der Waals surface area contributed by atoms with E-state index >= 15 is 0 Å². The average molecular weight is 245 g/mol. The molecule has 0 saturated heterocycles. The molecule has 1 aliphatic carbocycles. The molecule has 2 atom stereocenters. The van der Waals surface area contributed by atoms with Crippen LogP contribution in [-0.4, -0.2) is 26.8 Å². The van der Waals surface area contributed by atoms with Crippen LogP contribution in [0.15, 0.2) is 29.0 Å². The van der Waals surface area contributed by atoms with Crippen LogP contribution in [0.1, 0.15) is 31.1 Å². The monoisotopic (exact) mass is 245 g/mol. The molecule has 0 bridgehead atoms. The van der Waals surface area contributed by atoms with Crippen molar-refractivity contribution in [1.82, 2.24) is 15.1 Å². The third kappa shape index (κ3) is 2.13. The van der Waals surface area contributed by atoms with Crippen molar-refractivity contribution in [3.05, 3.63) is 30.4 Å². The Balaban J connectivity index is 1.78. The smallest absolute Gasteiger partial charge is 0.230 e. The third-order valence-electron chi connectivity index (χ3n) is 3.53. The number of hydrogen-bond donors (Lipinski definition) is 1. The Morgan fingerprint density at radius 2 is 2.11 bits per heavy atom. The Hall–Kier alpha value is -1.75. The Morgan fingerprint density at radius 1 is 1.28 bits per heavy atom. The SMILES string of the molecule is OCC1CCC(c2nc(-c3ccncc3)no2)C1. The highest BCUT2D eigenvalue weighted by atomic mass is 16.5. The predicted molar refractivity (Wildman–Crippen MR) is 64.7 cm³/mol. The summed E-state index contributed by atoms with van der Waals surface area (Å²) in [6.45, 7) is 0.252. The highest BCUT2D eigenvalue weighted by Crippen LogP contribution is 2.37. The minimum Gasteiger partial charge on any atom is -0.396 e. The van der Waals surface area contributed by atoms with Crippen molar-refractivity contribution < 1.29 is 9.63 Å². The maximum absolute atomic E-state index is 9.14. The summed E-state index contributed by atoms with van der Waals surface area (Å²) in [4.78, 5) is 8.41. The molecule has 94 valence electrons. The van der Waals surface area contributed by atoms with Gasteiger partial charge >= 0.3 is 0 Å². The van der Waals surface area contributed by atoms with Gasteiger partial charge in [0.2, 0.25) is 11.7 Å². The topological polar surface area (TPSA) is 72.0 Å². The number of nitrogens with zero attached hydrogens (tertiary/aromatic N) is 3. The first kappa shape index (κ1) is 11.3. The third-order valence-corrected chi connectivity index (χ3v) is 3.53. The van der Waals surface area contributed by atoms with E-state index in [4.69, 9.17) is 9.63 Å². The standard InChI is InChI=1S/C13H15N3O2/c17-8-9-1-2-11(7-9)13-15-12(16-18-13)10-3-5-14-6-4-10/h3-6,9,11,17H,1-2,7-8H2. The molecule has 0 radical (unpaired) electrons. The number of aliphatic hydroxyl groups is 1. The first-order valence-corrected chi connectivity index (χ1v) is 6.21. The molecule has 18 heavy (non-hydrogen) atoms. The van der Waals surface area contributed by atoms with Gasteiger partial charge in [-0.05, 0) is 37.3 Å². The summed E-state index contributed by atoms with van der Waals surface area (Å²) in [5, 5.41) is 13.1.